The Hall–Kier alpha value is -1.05. The second kappa shape index (κ2) is 5.75. The summed E-state index contributed by atoms with van der Waals surface area (Å²) in [5, 5.41) is 9.09. The van der Waals surface area contributed by atoms with Gasteiger partial charge in [0.1, 0.15) is 4.88 Å². The van der Waals surface area contributed by atoms with Gasteiger partial charge in [0, 0.05) is 19.8 Å². The maximum Gasteiger partial charge on any atom is 0.345 e. The van der Waals surface area contributed by atoms with Gasteiger partial charge in [0.05, 0.1) is 15.6 Å². The Kier molecular flexibility index (Phi) is 4.00. The highest BCUT2D eigenvalue weighted by Crippen LogP contribution is 2.42. The molecule has 1 N–H and O–H groups in total. The van der Waals surface area contributed by atoms with E-state index in [-0.39, 0.29) is 5.91 Å². The van der Waals surface area contributed by atoms with Gasteiger partial charge in [0.15, 0.2) is 0 Å². The molecule has 1 aromatic rings. The normalized spacial score (nSPS) is 20.0. The molecule has 5 nitrogen and oxygen atoms in total. The van der Waals surface area contributed by atoms with Gasteiger partial charge in [0.25, 0.3) is 0 Å². The molecule has 1 fully saturated rings. The first kappa shape index (κ1) is 13.9. The van der Waals surface area contributed by atoms with E-state index in [1.807, 2.05) is 0 Å². The van der Waals surface area contributed by atoms with E-state index >= 15 is 0 Å². The number of rotatable bonds is 3. The van der Waals surface area contributed by atoms with Gasteiger partial charge in [-0.1, -0.05) is 0 Å². The molecule has 20 heavy (non-hydrogen) atoms. The third-order valence-corrected chi connectivity index (χ3v) is 5.96. The summed E-state index contributed by atoms with van der Waals surface area (Å²) >= 11 is 2.70. The van der Waals surface area contributed by atoms with Crippen molar-refractivity contribution in [3.63, 3.8) is 0 Å². The van der Waals surface area contributed by atoms with Gasteiger partial charge in [-0.15, -0.1) is 23.1 Å². The molecule has 3 rings (SSSR count). The van der Waals surface area contributed by atoms with E-state index in [9.17, 15) is 9.59 Å². The Morgan fingerprint density at radius 3 is 2.90 bits per heavy atom. The van der Waals surface area contributed by atoms with Crippen LogP contribution in [-0.2, 0) is 9.53 Å². The van der Waals surface area contributed by atoms with Crippen molar-refractivity contribution in [1.29, 1.82) is 0 Å². The fourth-order valence-electron chi connectivity index (χ4n) is 2.49. The Morgan fingerprint density at radius 2 is 2.20 bits per heavy atom. The molecular formula is C13H15NO4S2. The number of amides is 1. The maximum absolute atomic E-state index is 12.1. The van der Waals surface area contributed by atoms with Gasteiger partial charge >= 0.3 is 5.97 Å². The number of anilines is 1. The molecule has 2 aliphatic rings. The van der Waals surface area contributed by atoms with Gasteiger partial charge in [-0.2, -0.15) is 0 Å². The first-order valence-electron chi connectivity index (χ1n) is 6.53. The number of nitrogens with zero attached hydrogens (tertiary/aromatic N) is 1. The molecule has 0 radical (unpaired) electrons. The lowest BCUT2D eigenvalue weighted by molar-refractivity contribution is -0.116. The van der Waals surface area contributed by atoms with Crippen LogP contribution in [-0.4, -0.2) is 42.5 Å². The van der Waals surface area contributed by atoms with E-state index in [1.165, 1.54) is 23.1 Å². The Morgan fingerprint density at radius 1 is 1.45 bits per heavy atom. The summed E-state index contributed by atoms with van der Waals surface area (Å²) in [5.41, 5.74) is 0.778. The second-order valence-corrected chi connectivity index (χ2v) is 7.23. The highest BCUT2D eigenvalue weighted by molar-refractivity contribution is 8.02. The molecule has 1 saturated heterocycles. The molecule has 108 valence electrons. The highest BCUT2D eigenvalue weighted by atomic mass is 32.2. The summed E-state index contributed by atoms with van der Waals surface area (Å²) in [7, 11) is 0. The van der Waals surface area contributed by atoms with Crippen molar-refractivity contribution in [2.75, 3.05) is 30.4 Å². The number of thioether (sulfide) groups is 1. The number of carbonyl (C=O) groups is 2. The molecular weight excluding hydrogens is 298 g/mol. The van der Waals surface area contributed by atoms with Crippen LogP contribution in [0.4, 0.5) is 5.69 Å². The van der Waals surface area contributed by atoms with Crippen LogP contribution < -0.4 is 4.90 Å². The minimum absolute atomic E-state index is 0.0729. The summed E-state index contributed by atoms with van der Waals surface area (Å²) in [4.78, 5) is 25.3. The number of thiophene rings is 1. The van der Waals surface area contributed by atoms with E-state index in [2.05, 4.69) is 0 Å². The topological polar surface area (TPSA) is 66.8 Å². The quantitative estimate of drug-likeness (QED) is 0.927. The van der Waals surface area contributed by atoms with Crippen molar-refractivity contribution in [3.8, 4) is 0 Å². The molecule has 0 spiro atoms. The molecule has 0 aliphatic carbocycles. The summed E-state index contributed by atoms with van der Waals surface area (Å²) in [6.07, 6.45) is 1.92. The number of carboxylic acid groups (broad SMARTS) is 1. The summed E-state index contributed by atoms with van der Waals surface area (Å²) in [6.45, 7) is 2.17. The Labute approximate surface area is 124 Å². The number of fused-ring (bicyclic) bond motifs is 1. The number of hydrogen-bond acceptors (Lipinski definition) is 5. The average Bonchev–Trinajstić information content (AvgIpc) is 2.88. The van der Waals surface area contributed by atoms with Gasteiger partial charge in [-0.05, 0) is 24.8 Å². The lowest BCUT2D eigenvalue weighted by Crippen LogP contribution is -2.39. The standard InChI is InChI=1S/C13H15NO4S2/c15-11-7-19-13-9(5-10(20-13)12(16)17)14(11)6-8-1-3-18-4-2-8/h5,8H,1-4,6-7H2,(H,16,17). The molecule has 0 bridgehead atoms. The van der Waals surface area contributed by atoms with E-state index < -0.39 is 5.97 Å². The van der Waals surface area contributed by atoms with Crippen LogP contribution in [0, 0.1) is 5.92 Å². The fraction of sp³-hybridized carbons (Fsp3) is 0.538. The molecule has 2 aliphatic heterocycles. The number of carbonyl (C=O) groups excluding carboxylic acids is 1. The number of hydrogen-bond donors (Lipinski definition) is 1. The average molecular weight is 313 g/mol. The Bertz CT molecular complexity index is 536. The van der Waals surface area contributed by atoms with Gasteiger partial charge < -0.3 is 14.7 Å². The lowest BCUT2D eigenvalue weighted by atomic mass is 9.99. The lowest BCUT2D eigenvalue weighted by Gasteiger charge is -2.32. The van der Waals surface area contributed by atoms with Crippen molar-refractivity contribution in [2.24, 2.45) is 5.92 Å². The van der Waals surface area contributed by atoms with Crippen LogP contribution in [0.3, 0.4) is 0 Å². The van der Waals surface area contributed by atoms with E-state index in [0.29, 0.717) is 23.1 Å². The molecule has 1 aromatic heterocycles. The minimum Gasteiger partial charge on any atom is -0.477 e. The minimum atomic E-state index is -0.927. The van der Waals surface area contributed by atoms with Crippen LogP contribution in [0.2, 0.25) is 0 Å². The van der Waals surface area contributed by atoms with Gasteiger partial charge in [-0.3, -0.25) is 4.79 Å². The second-order valence-electron chi connectivity index (χ2n) is 4.94. The largest absolute Gasteiger partial charge is 0.477 e. The first-order valence-corrected chi connectivity index (χ1v) is 8.33. The highest BCUT2D eigenvalue weighted by Gasteiger charge is 2.30. The maximum atomic E-state index is 12.1. The predicted octanol–water partition coefficient (Wildman–Crippen LogP) is 2.31. The van der Waals surface area contributed by atoms with Gasteiger partial charge in [0.2, 0.25) is 5.91 Å². The van der Waals surface area contributed by atoms with E-state index in [4.69, 9.17) is 9.84 Å². The summed E-state index contributed by atoms with van der Waals surface area (Å²) in [5.74, 6) is -0.0143. The molecule has 3 heterocycles. The zero-order chi connectivity index (χ0) is 14.1. The predicted molar refractivity (Wildman–Crippen MR) is 77.9 cm³/mol. The van der Waals surface area contributed by atoms with Gasteiger partial charge in [-0.25, -0.2) is 4.79 Å². The number of carboxylic acids is 1. The number of ether oxygens (including phenoxy) is 1. The zero-order valence-corrected chi connectivity index (χ0v) is 12.5. The van der Waals surface area contributed by atoms with E-state index in [0.717, 1.165) is 36.0 Å². The van der Waals surface area contributed by atoms with Crippen LogP contribution >= 0.6 is 23.1 Å². The fourth-order valence-corrected chi connectivity index (χ4v) is 4.63. The molecule has 1 amide bonds. The molecule has 0 atom stereocenters. The summed E-state index contributed by atoms with van der Waals surface area (Å²) < 4.78 is 6.28. The number of aromatic carboxylic acids is 1. The van der Waals surface area contributed by atoms with Crippen molar-refractivity contribution >= 4 is 40.7 Å². The van der Waals surface area contributed by atoms with Crippen LogP contribution in [0.15, 0.2) is 10.3 Å². The van der Waals surface area contributed by atoms with E-state index in [1.54, 1.807) is 11.0 Å². The first-order chi connectivity index (χ1) is 9.65. The van der Waals surface area contributed by atoms with Crippen molar-refractivity contribution in [3.05, 3.63) is 10.9 Å². The molecule has 0 unspecified atom stereocenters. The van der Waals surface area contributed by atoms with Crippen LogP contribution in [0.1, 0.15) is 22.5 Å². The molecule has 0 aromatic carbocycles. The third-order valence-electron chi connectivity index (χ3n) is 3.59. The zero-order valence-electron chi connectivity index (χ0n) is 10.8. The van der Waals surface area contributed by atoms with Crippen molar-refractivity contribution < 1.29 is 19.4 Å². The third kappa shape index (κ3) is 2.70. The Balaban J connectivity index is 1.83. The monoisotopic (exact) mass is 313 g/mol. The molecule has 7 heteroatoms. The van der Waals surface area contributed by atoms with Crippen LogP contribution in [0.5, 0.6) is 0 Å². The molecule has 0 saturated carbocycles. The SMILES string of the molecule is O=C(O)c1cc2c(s1)SCC(=O)N2CC1CCOCC1. The van der Waals surface area contributed by atoms with Crippen LogP contribution in [0.25, 0.3) is 0 Å². The summed E-state index contributed by atoms with van der Waals surface area (Å²) in [6, 6.07) is 1.63. The smallest absolute Gasteiger partial charge is 0.345 e. The van der Waals surface area contributed by atoms with Crippen molar-refractivity contribution in [1.82, 2.24) is 0 Å². The van der Waals surface area contributed by atoms with Crippen molar-refractivity contribution in [2.45, 2.75) is 17.1 Å².